The predicted molar refractivity (Wildman–Crippen MR) is 71.2 cm³/mol. The number of carbonyl (C=O) groups is 1. The number of phenols is 1. The molecule has 1 unspecified atom stereocenters. The van der Waals surface area contributed by atoms with Crippen LogP contribution >= 0.6 is 0 Å². The minimum absolute atomic E-state index is 0.243. The third-order valence-electron chi connectivity index (χ3n) is 2.75. The molecular formula is C12H17N3O4. The first-order chi connectivity index (χ1) is 8.86. The molecule has 7 heteroatoms. The smallest absolute Gasteiger partial charge is 0.312 e. The number of phenolic OH excluding ortho intramolecular Hbond substituents is 1. The van der Waals surface area contributed by atoms with Crippen molar-refractivity contribution in [3.05, 3.63) is 28.3 Å². The van der Waals surface area contributed by atoms with E-state index in [1.54, 1.807) is 19.0 Å². The van der Waals surface area contributed by atoms with E-state index in [9.17, 15) is 20.0 Å². The number of carbonyl (C=O) groups excluding carboxylic acids is 1. The summed E-state index contributed by atoms with van der Waals surface area (Å²) in [5.41, 5.74) is -0.148. The highest BCUT2D eigenvalue weighted by Crippen LogP contribution is 2.28. The van der Waals surface area contributed by atoms with E-state index in [4.69, 9.17) is 0 Å². The summed E-state index contributed by atoms with van der Waals surface area (Å²) in [6.07, 6.45) is 0.624. The standard InChI is InChI=1S/C12H17N3O4/c1-4-9(14(2)3)12(17)13-8-5-6-11(16)10(7-8)15(18)19/h5-7,9,16H,4H2,1-3H3,(H,13,17). The van der Waals surface area contributed by atoms with Gasteiger partial charge in [-0.05, 0) is 32.6 Å². The number of hydrogen-bond donors (Lipinski definition) is 2. The van der Waals surface area contributed by atoms with Gasteiger partial charge in [-0.1, -0.05) is 6.92 Å². The molecule has 1 atom stereocenters. The number of rotatable bonds is 5. The van der Waals surface area contributed by atoms with Crippen molar-refractivity contribution in [1.29, 1.82) is 0 Å². The van der Waals surface area contributed by atoms with Gasteiger partial charge in [0.05, 0.1) is 11.0 Å². The quantitative estimate of drug-likeness (QED) is 0.479. The molecule has 0 aromatic heterocycles. The number of aromatic hydroxyl groups is 1. The zero-order chi connectivity index (χ0) is 14.6. The number of hydrogen-bond acceptors (Lipinski definition) is 5. The lowest BCUT2D eigenvalue weighted by Gasteiger charge is -2.21. The van der Waals surface area contributed by atoms with Crippen molar-refractivity contribution in [3.63, 3.8) is 0 Å². The summed E-state index contributed by atoms with van der Waals surface area (Å²) in [6.45, 7) is 1.88. The van der Waals surface area contributed by atoms with Crippen LogP contribution in [0.1, 0.15) is 13.3 Å². The van der Waals surface area contributed by atoms with Crippen molar-refractivity contribution in [3.8, 4) is 5.75 Å². The molecule has 2 N–H and O–H groups in total. The Bertz CT molecular complexity index is 488. The van der Waals surface area contributed by atoms with E-state index in [-0.39, 0.29) is 17.6 Å². The molecule has 1 aromatic carbocycles. The fourth-order valence-electron chi connectivity index (χ4n) is 1.76. The van der Waals surface area contributed by atoms with Gasteiger partial charge in [-0.3, -0.25) is 19.8 Å². The summed E-state index contributed by atoms with van der Waals surface area (Å²) in [7, 11) is 3.57. The van der Waals surface area contributed by atoms with Crippen LogP contribution in [0.3, 0.4) is 0 Å². The van der Waals surface area contributed by atoms with Crippen molar-refractivity contribution in [1.82, 2.24) is 4.90 Å². The van der Waals surface area contributed by atoms with E-state index < -0.39 is 16.4 Å². The molecule has 104 valence electrons. The fourth-order valence-corrected chi connectivity index (χ4v) is 1.76. The Hall–Kier alpha value is -2.15. The van der Waals surface area contributed by atoms with E-state index in [2.05, 4.69) is 5.32 Å². The molecule has 0 saturated carbocycles. The van der Waals surface area contributed by atoms with Crippen LogP contribution in [0.5, 0.6) is 5.75 Å². The predicted octanol–water partition coefficient (Wildman–Crippen LogP) is 1.58. The molecule has 0 bridgehead atoms. The summed E-state index contributed by atoms with van der Waals surface area (Å²) in [5, 5.41) is 22.6. The lowest BCUT2D eigenvalue weighted by atomic mass is 10.2. The summed E-state index contributed by atoms with van der Waals surface area (Å²) in [4.78, 5) is 23.7. The second-order valence-electron chi connectivity index (χ2n) is 4.34. The Kier molecular flexibility index (Phi) is 4.82. The Morgan fingerprint density at radius 1 is 1.53 bits per heavy atom. The van der Waals surface area contributed by atoms with Gasteiger partial charge >= 0.3 is 5.69 Å². The summed E-state index contributed by atoms with van der Waals surface area (Å²) >= 11 is 0. The van der Waals surface area contributed by atoms with Gasteiger partial charge in [0.2, 0.25) is 5.91 Å². The maximum absolute atomic E-state index is 12.0. The van der Waals surface area contributed by atoms with Crippen LogP contribution in [0.25, 0.3) is 0 Å². The Balaban J connectivity index is 2.91. The third kappa shape index (κ3) is 3.65. The van der Waals surface area contributed by atoms with Crippen molar-refractivity contribution in [2.24, 2.45) is 0 Å². The SMILES string of the molecule is CCC(C(=O)Nc1ccc(O)c([N+](=O)[O-])c1)N(C)C. The van der Waals surface area contributed by atoms with Gasteiger partial charge in [0.1, 0.15) is 0 Å². The first-order valence-corrected chi connectivity index (χ1v) is 5.81. The molecule has 0 aliphatic rings. The molecular weight excluding hydrogens is 250 g/mol. The summed E-state index contributed by atoms with van der Waals surface area (Å²) in [6, 6.07) is 3.43. The molecule has 0 radical (unpaired) electrons. The molecule has 19 heavy (non-hydrogen) atoms. The zero-order valence-corrected chi connectivity index (χ0v) is 11.1. The normalized spacial score (nSPS) is 12.2. The number of nitrogens with one attached hydrogen (secondary N) is 1. The third-order valence-corrected chi connectivity index (χ3v) is 2.75. The number of amides is 1. The van der Waals surface area contributed by atoms with E-state index in [0.29, 0.717) is 6.42 Å². The van der Waals surface area contributed by atoms with Crippen LogP contribution in [0.4, 0.5) is 11.4 Å². The van der Waals surface area contributed by atoms with Crippen LogP contribution in [-0.2, 0) is 4.79 Å². The van der Waals surface area contributed by atoms with Crippen molar-refractivity contribution >= 4 is 17.3 Å². The molecule has 1 amide bonds. The molecule has 0 saturated heterocycles. The van der Waals surface area contributed by atoms with Gasteiger partial charge in [0.25, 0.3) is 0 Å². The minimum atomic E-state index is -0.700. The van der Waals surface area contributed by atoms with Crippen LogP contribution in [0, 0.1) is 10.1 Å². The first kappa shape index (κ1) is 14.9. The van der Waals surface area contributed by atoms with Crippen molar-refractivity contribution in [2.45, 2.75) is 19.4 Å². The van der Waals surface area contributed by atoms with E-state index >= 15 is 0 Å². The average Bonchev–Trinajstić information content (AvgIpc) is 2.31. The topological polar surface area (TPSA) is 95.7 Å². The molecule has 0 heterocycles. The van der Waals surface area contributed by atoms with Crippen LogP contribution in [0.15, 0.2) is 18.2 Å². The van der Waals surface area contributed by atoms with Gasteiger partial charge in [-0.2, -0.15) is 0 Å². The first-order valence-electron chi connectivity index (χ1n) is 5.81. The highest BCUT2D eigenvalue weighted by molar-refractivity contribution is 5.95. The number of nitro benzene ring substituents is 1. The molecule has 0 aliphatic carbocycles. The summed E-state index contributed by atoms with van der Waals surface area (Å²) in [5.74, 6) is -0.671. The minimum Gasteiger partial charge on any atom is -0.502 e. The molecule has 1 rings (SSSR count). The van der Waals surface area contributed by atoms with E-state index in [1.165, 1.54) is 12.1 Å². The number of likely N-dealkylation sites (N-methyl/N-ethyl adjacent to an activating group) is 1. The van der Waals surface area contributed by atoms with Gasteiger partial charge in [0.15, 0.2) is 5.75 Å². The molecule has 7 nitrogen and oxygen atoms in total. The number of benzene rings is 1. The van der Waals surface area contributed by atoms with Crippen molar-refractivity contribution < 1.29 is 14.8 Å². The maximum Gasteiger partial charge on any atom is 0.312 e. The molecule has 1 aromatic rings. The maximum atomic E-state index is 12.0. The van der Waals surface area contributed by atoms with Crippen LogP contribution < -0.4 is 5.32 Å². The lowest BCUT2D eigenvalue weighted by Crippen LogP contribution is -2.39. The number of nitrogens with zero attached hydrogens (tertiary/aromatic N) is 2. The Labute approximate surface area is 111 Å². The van der Waals surface area contributed by atoms with E-state index in [1.807, 2.05) is 6.92 Å². The van der Waals surface area contributed by atoms with Gasteiger partial charge in [-0.15, -0.1) is 0 Å². The van der Waals surface area contributed by atoms with Gasteiger partial charge in [0, 0.05) is 11.8 Å². The molecule has 0 spiro atoms. The highest BCUT2D eigenvalue weighted by Gasteiger charge is 2.20. The number of anilines is 1. The highest BCUT2D eigenvalue weighted by atomic mass is 16.6. The zero-order valence-electron chi connectivity index (χ0n) is 11.1. The lowest BCUT2D eigenvalue weighted by molar-refractivity contribution is -0.385. The van der Waals surface area contributed by atoms with E-state index in [0.717, 1.165) is 6.07 Å². The monoisotopic (exact) mass is 267 g/mol. The largest absolute Gasteiger partial charge is 0.502 e. The van der Waals surface area contributed by atoms with Crippen LogP contribution in [-0.4, -0.2) is 41.0 Å². The Morgan fingerprint density at radius 3 is 2.63 bits per heavy atom. The van der Waals surface area contributed by atoms with Gasteiger partial charge < -0.3 is 10.4 Å². The van der Waals surface area contributed by atoms with Crippen molar-refractivity contribution in [2.75, 3.05) is 19.4 Å². The van der Waals surface area contributed by atoms with Crippen LogP contribution in [0.2, 0.25) is 0 Å². The molecule has 0 aliphatic heterocycles. The number of nitro groups is 1. The fraction of sp³-hybridized carbons (Fsp3) is 0.417. The second kappa shape index (κ2) is 6.14. The molecule has 0 fully saturated rings. The second-order valence-corrected chi connectivity index (χ2v) is 4.34. The average molecular weight is 267 g/mol. The Morgan fingerprint density at radius 2 is 2.16 bits per heavy atom. The summed E-state index contributed by atoms with van der Waals surface area (Å²) < 4.78 is 0. The van der Waals surface area contributed by atoms with Gasteiger partial charge in [-0.25, -0.2) is 0 Å².